The summed E-state index contributed by atoms with van der Waals surface area (Å²) in [5.41, 5.74) is 1.74. The van der Waals surface area contributed by atoms with Crippen molar-refractivity contribution in [3.05, 3.63) is 45.8 Å². The Kier molecular flexibility index (Phi) is 4.12. The minimum absolute atomic E-state index is 0.0366. The van der Waals surface area contributed by atoms with Gasteiger partial charge in [0.15, 0.2) is 0 Å². The van der Waals surface area contributed by atoms with E-state index in [4.69, 9.17) is 5.11 Å². The molecule has 0 aliphatic rings. The monoisotopic (exact) mass is 291 g/mol. The Morgan fingerprint density at radius 1 is 1.52 bits per heavy atom. The number of nitro groups is 1. The normalized spacial score (nSPS) is 10.3. The highest BCUT2D eigenvalue weighted by Gasteiger charge is 2.11. The number of hydrogen-bond donors (Lipinski definition) is 2. The van der Waals surface area contributed by atoms with E-state index < -0.39 is 10.9 Å². The van der Waals surface area contributed by atoms with Gasteiger partial charge in [-0.1, -0.05) is 11.3 Å². The molecule has 1 heterocycles. The van der Waals surface area contributed by atoms with Crippen molar-refractivity contribution in [3.63, 3.8) is 0 Å². The first-order valence-corrected chi connectivity index (χ1v) is 6.05. The zero-order valence-corrected chi connectivity index (χ0v) is 11.2. The summed E-state index contributed by atoms with van der Waals surface area (Å²) in [6, 6.07) is 4.82. The summed E-state index contributed by atoms with van der Waals surface area (Å²) in [5.74, 6) is -1.01. The van der Waals surface area contributed by atoms with Gasteiger partial charge in [-0.2, -0.15) is 0 Å². The molecule has 21 heavy (non-hydrogen) atoms. The quantitative estimate of drug-likeness (QED) is 0.605. The lowest BCUT2D eigenvalue weighted by Gasteiger charge is -2.05. The van der Waals surface area contributed by atoms with Crippen LogP contribution < -0.4 is 5.32 Å². The number of nitrogens with one attached hydrogen (secondary N) is 1. The van der Waals surface area contributed by atoms with Crippen molar-refractivity contribution < 1.29 is 14.8 Å². The predicted octanol–water partition coefficient (Wildman–Crippen LogP) is 1.19. The molecule has 0 bridgehead atoms. The zero-order chi connectivity index (χ0) is 15.4. The summed E-state index contributed by atoms with van der Waals surface area (Å²) in [6.07, 6.45) is 1.50. The predicted molar refractivity (Wildman–Crippen MR) is 72.8 cm³/mol. The van der Waals surface area contributed by atoms with Crippen LogP contribution in [-0.4, -0.2) is 31.0 Å². The first-order valence-electron chi connectivity index (χ1n) is 6.05. The second-order valence-electron chi connectivity index (χ2n) is 4.41. The van der Waals surface area contributed by atoms with Crippen LogP contribution in [0.25, 0.3) is 0 Å². The standard InChI is InChI=1S/C12H13N5O4/c1-8-2-3-9(4-11(8)17(20)21)13-5-10-6-16(15-14-10)7-12(18)19/h2-4,6,13H,5,7H2,1H3,(H,18,19). The molecule has 0 unspecified atom stereocenters. The summed E-state index contributed by atoms with van der Waals surface area (Å²) in [7, 11) is 0. The molecule has 0 aliphatic heterocycles. The van der Waals surface area contributed by atoms with Crippen LogP contribution in [0.2, 0.25) is 0 Å². The lowest BCUT2D eigenvalue weighted by Crippen LogP contribution is -2.09. The van der Waals surface area contributed by atoms with Crippen molar-refractivity contribution >= 4 is 17.3 Å². The number of carbonyl (C=O) groups is 1. The van der Waals surface area contributed by atoms with Gasteiger partial charge in [0.2, 0.25) is 0 Å². The molecule has 0 saturated carbocycles. The molecular formula is C12H13N5O4. The Morgan fingerprint density at radius 2 is 2.29 bits per heavy atom. The lowest BCUT2D eigenvalue weighted by molar-refractivity contribution is -0.385. The molecule has 9 heteroatoms. The molecule has 2 aromatic rings. The maximum atomic E-state index is 10.9. The molecule has 2 rings (SSSR count). The third-order valence-corrected chi connectivity index (χ3v) is 2.76. The van der Waals surface area contributed by atoms with Crippen molar-refractivity contribution in [2.24, 2.45) is 0 Å². The summed E-state index contributed by atoms with van der Waals surface area (Å²) >= 11 is 0. The van der Waals surface area contributed by atoms with Gasteiger partial charge in [0.05, 0.1) is 17.7 Å². The smallest absolute Gasteiger partial charge is 0.325 e. The first-order chi connectivity index (χ1) is 9.95. The molecule has 0 fully saturated rings. The number of hydrogen-bond acceptors (Lipinski definition) is 6. The van der Waals surface area contributed by atoms with Crippen molar-refractivity contribution in [1.29, 1.82) is 0 Å². The lowest BCUT2D eigenvalue weighted by atomic mass is 10.2. The first kappa shape index (κ1) is 14.4. The molecular weight excluding hydrogens is 278 g/mol. The Balaban J connectivity index is 2.03. The second kappa shape index (κ2) is 5.99. The van der Waals surface area contributed by atoms with Crippen LogP contribution >= 0.6 is 0 Å². The van der Waals surface area contributed by atoms with E-state index in [1.54, 1.807) is 19.1 Å². The van der Waals surface area contributed by atoms with Gasteiger partial charge in [-0.15, -0.1) is 5.10 Å². The number of aryl methyl sites for hydroxylation is 1. The van der Waals surface area contributed by atoms with E-state index >= 15 is 0 Å². The molecule has 110 valence electrons. The molecule has 0 amide bonds. The van der Waals surface area contributed by atoms with Crippen LogP contribution in [0, 0.1) is 17.0 Å². The highest BCUT2D eigenvalue weighted by atomic mass is 16.6. The number of nitrogens with zero attached hydrogens (tertiary/aromatic N) is 4. The number of aromatic nitrogens is 3. The maximum absolute atomic E-state index is 10.9. The van der Waals surface area contributed by atoms with Crippen molar-refractivity contribution in [2.75, 3.05) is 5.32 Å². The highest BCUT2D eigenvalue weighted by Crippen LogP contribution is 2.22. The van der Waals surface area contributed by atoms with Gasteiger partial charge in [-0.05, 0) is 13.0 Å². The highest BCUT2D eigenvalue weighted by molar-refractivity contribution is 5.66. The Bertz CT molecular complexity index is 682. The third kappa shape index (κ3) is 3.75. The molecule has 0 saturated heterocycles. The molecule has 0 atom stereocenters. The number of aliphatic carboxylic acids is 1. The molecule has 2 N–H and O–H groups in total. The fourth-order valence-corrected chi connectivity index (χ4v) is 1.74. The SMILES string of the molecule is Cc1ccc(NCc2cn(CC(=O)O)nn2)cc1[N+](=O)[O-]. The largest absolute Gasteiger partial charge is 0.480 e. The van der Waals surface area contributed by atoms with Crippen LogP contribution in [0.5, 0.6) is 0 Å². The molecule has 1 aromatic carbocycles. The van der Waals surface area contributed by atoms with Gasteiger partial charge in [0, 0.05) is 17.3 Å². The molecule has 9 nitrogen and oxygen atoms in total. The average molecular weight is 291 g/mol. The van der Waals surface area contributed by atoms with Gasteiger partial charge in [0.25, 0.3) is 5.69 Å². The van der Waals surface area contributed by atoms with E-state index in [-0.39, 0.29) is 12.2 Å². The van der Waals surface area contributed by atoms with E-state index in [9.17, 15) is 14.9 Å². The van der Waals surface area contributed by atoms with E-state index in [0.717, 1.165) is 0 Å². The molecule has 1 aromatic heterocycles. The number of anilines is 1. The summed E-state index contributed by atoms with van der Waals surface area (Å²) in [6.45, 7) is 1.70. The Labute approximate surface area is 119 Å². The second-order valence-corrected chi connectivity index (χ2v) is 4.41. The van der Waals surface area contributed by atoms with Gasteiger partial charge in [0.1, 0.15) is 12.2 Å². The van der Waals surface area contributed by atoms with Crippen LogP contribution in [0.3, 0.4) is 0 Å². The van der Waals surface area contributed by atoms with Gasteiger partial charge < -0.3 is 10.4 Å². The number of rotatable bonds is 6. The summed E-state index contributed by atoms with van der Waals surface area (Å²) < 4.78 is 1.21. The Hall–Kier alpha value is -2.97. The van der Waals surface area contributed by atoms with Crippen LogP contribution in [0.1, 0.15) is 11.3 Å². The van der Waals surface area contributed by atoms with Crippen molar-refractivity contribution in [2.45, 2.75) is 20.0 Å². The minimum Gasteiger partial charge on any atom is -0.480 e. The average Bonchev–Trinajstić information content (AvgIpc) is 2.84. The molecule has 0 radical (unpaired) electrons. The van der Waals surface area contributed by atoms with Crippen molar-refractivity contribution in [1.82, 2.24) is 15.0 Å². The van der Waals surface area contributed by atoms with Gasteiger partial charge in [-0.25, -0.2) is 4.68 Å². The molecule has 0 spiro atoms. The number of carboxylic acids is 1. The van der Waals surface area contributed by atoms with Crippen LogP contribution in [0.4, 0.5) is 11.4 Å². The van der Waals surface area contributed by atoms with E-state index in [1.165, 1.54) is 16.9 Å². The van der Waals surface area contributed by atoms with Crippen molar-refractivity contribution in [3.8, 4) is 0 Å². The minimum atomic E-state index is -1.01. The number of benzene rings is 1. The van der Waals surface area contributed by atoms with Crippen LogP contribution in [-0.2, 0) is 17.9 Å². The van der Waals surface area contributed by atoms with Crippen LogP contribution in [0.15, 0.2) is 24.4 Å². The summed E-state index contributed by atoms with van der Waals surface area (Å²) in [5, 5.41) is 29.9. The fraction of sp³-hybridized carbons (Fsp3) is 0.250. The van der Waals surface area contributed by atoms with Gasteiger partial charge in [-0.3, -0.25) is 14.9 Å². The number of carboxylic acid groups (broad SMARTS) is 1. The summed E-state index contributed by atoms with van der Waals surface area (Å²) in [4.78, 5) is 20.9. The van der Waals surface area contributed by atoms with E-state index in [1.807, 2.05) is 0 Å². The topological polar surface area (TPSA) is 123 Å². The van der Waals surface area contributed by atoms with E-state index in [0.29, 0.717) is 23.5 Å². The van der Waals surface area contributed by atoms with E-state index in [2.05, 4.69) is 15.6 Å². The molecule has 0 aliphatic carbocycles. The third-order valence-electron chi connectivity index (χ3n) is 2.76. The number of nitro benzene ring substituents is 1. The fourth-order valence-electron chi connectivity index (χ4n) is 1.74. The maximum Gasteiger partial charge on any atom is 0.325 e. The zero-order valence-electron chi connectivity index (χ0n) is 11.2. The Morgan fingerprint density at radius 3 is 2.95 bits per heavy atom. The van der Waals surface area contributed by atoms with Gasteiger partial charge >= 0.3 is 5.97 Å².